The van der Waals surface area contributed by atoms with Crippen molar-refractivity contribution in [2.75, 3.05) is 6.54 Å². The average molecular weight is 261 g/mol. The highest BCUT2D eigenvalue weighted by Crippen LogP contribution is 2.37. The molecule has 0 saturated heterocycles. The molecule has 1 aromatic rings. The van der Waals surface area contributed by atoms with Crippen LogP contribution in [0.15, 0.2) is 24.3 Å². The third-order valence-corrected chi connectivity index (χ3v) is 4.88. The Hall–Kier alpha value is -0.890. The van der Waals surface area contributed by atoms with E-state index in [0.717, 1.165) is 5.92 Å². The summed E-state index contributed by atoms with van der Waals surface area (Å²) in [4.78, 5) is 0. The van der Waals surface area contributed by atoms with Crippen LogP contribution < -0.4 is 5.32 Å². The molecule has 2 heteroatoms. The van der Waals surface area contributed by atoms with Crippen LogP contribution in [0.2, 0.25) is 0 Å². The lowest BCUT2D eigenvalue weighted by molar-refractivity contribution is 0.255. The molecule has 0 atom stereocenters. The molecule has 1 N–H and O–H groups in total. The minimum Gasteiger partial charge on any atom is -0.314 e. The van der Waals surface area contributed by atoms with Gasteiger partial charge in [0.1, 0.15) is 5.82 Å². The summed E-state index contributed by atoms with van der Waals surface area (Å²) < 4.78 is 13.2. The van der Waals surface area contributed by atoms with Crippen molar-refractivity contribution in [3.05, 3.63) is 35.6 Å². The van der Waals surface area contributed by atoms with Gasteiger partial charge in [-0.25, -0.2) is 4.39 Å². The normalized spacial score (nSPS) is 28.1. The molecular formula is C17H24FN. The van der Waals surface area contributed by atoms with Gasteiger partial charge in [0.2, 0.25) is 0 Å². The van der Waals surface area contributed by atoms with Gasteiger partial charge >= 0.3 is 0 Å². The Labute approximate surface area is 115 Å². The zero-order valence-electron chi connectivity index (χ0n) is 11.6. The van der Waals surface area contributed by atoms with Crippen LogP contribution in [-0.2, 0) is 0 Å². The van der Waals surface area contributed by atoms with Gasteiger partial charge in [0.25, 0.3) is 0 Å². The maximum Gasteiger partial charge on any atom is 0.123 e. The van der Waals surface area contributed by atoms with Gasteiger partial charge in [-0.2, -0.15) is 0 Å². The lowest BCUT2D eigenvalue weighted by Crippen LogP contribution is -2.42. The highest BCUT2D eigenvalue weighted by molar-refractivity contribution is 5.23. The van der Waals surface area contributed by atoms with Crippen LogP contribution in [0, 0.1) is 11.7 Å². The van der Waals surface area contributed by atoms with Crippen molar-refractivity contribution in [2.45, 2.75) is 56.9 Å². The highest BCUT2D eigenvalue weighted by Gasteiger charge is 2.30. The first-order valence-electron chi connectivity index (χ1n) is 7.80. The molecule has 19 heavy (non-hydrogen) atoms. The standard InChI is InChI=1S/C17H24FN/c18-16-8-4-7-14(9-16)15-10-17(11-15)19-12-13-5-2-1-3-6-13/h4,7-9,13,15,17,19H,1-3,5-6,10-12H2. The second-order valence-corrected chi connectivity index (χ2v) is 6.33. The van der Waals surface area contributed by atoms with Gasteiger partial charge in [0.15, 0.2) is 0 Å². The first kappa shape index (κ1) is 13.1. The Morgan fingerprint density at radius 2 is 1.89 bits per heavy atom. The van der Waals surface area contributed by atoms with Crippen LogP contribution in [0.3, 0.4) is 0 Å². The van der Waals surface area contributed by atoms with E-state index in [1.165, 1.54) is 63.1 Å². The Balaban J connectivity index is 1.40. The maximum atomic E-state index is 13.2. The molecule has 0 heterocycles. The molecule has 2 fully saturated rings. The van der Waals surface area contributed by atoms with Gasteiger partial charge in [-0.15, -0.1) is 0 Å². The first-order chi connectivity index (χ1) is 9.31. The lowest BCUT2D eigenvalue weighted by Gasteiger charge is -2.37. The van der Waals surface area contributed by atoms with Crippen molar-refractivity contribution < 1.29 is 4.39 Å². The van der Waals surface area contributed by atoms with Crippen LogP contribution in [0.5, 0.6) is 0 Å². The summed E-state index contributed by atoms with van der Waals surface area (Å²) >= 11 is 0. The molecule has 0 spiro atoms. The largest absolute Gasteiger partial charge is 0.314 e. The number of hydrogen-bond acceptors (Lipinski definition) is 1. The monoisotopic (exact) mass is 261 g/mol. The maximum absolute atomic E-state index is 13.2. The molecule has 1 nitrogen and oxygen atoms in total. The second-order valence-electron chi connectivity index (χ2n) is 6.33. The van der Waals surface area contributed by atoms with Gasteiger partial charge in [-0.1, -0.05) is 31.4 Å². The molecule has 0 aliphatic heterocycles. The molecule has 0 bridgehead atoms. The summed E-state index contributed by atoms with van der Waals surface area (Å²) in [6.07, 6.45) is 9.44. The predicted molar refractivity (Wildman–Crippen MR) is 76.7 cm³/mol. The third kappa shape index (κ3) is 3.36. The van der Waals surface area contributed by atoms with Crippen molar-refractivity contribution in [2.24, 2.45) is 5.92 Å². The van der Waals surface area contributed by atoms with E-state index in [9.17, 15) is 4.39 Å². The fourth-order valence-corrected chi connectivity index (χ4v) is 3.54. The van der Waals surface area contributed by atoms with E-state index in [-0.39, 0.29) is 5.82 Å². The van der Waals surface area contributed by atoms with E-state index < -0.39 is 0 Å². The quantitative estimate of drug-likeness (QED) is 0.854. The molecule has 2 aliphatic rings. The Bertz CT molecular complexity index is 405. The molecule has 104 valence electrons. The summed E-state index contributed by atoms with van der Waals surface area (Å²) in [6.45, 7) is 1.19. The summed E-state index contributed by atoms with van der Waals surface area (Å²) in [5.41, 5.74) is 1.18. The number of benzene rings is 1. The van der Waals surface area contributed by atoms with E-state index in [2.05, 4.69) is 11.4 Å². The number of rotatable bonds is 4. The molecule has 2 aliphatic carbocycles. The zero-order chi connectivity index (χ0) is 13.1. The zero-order valence-corrected chi connectivity index (χ0v) is 11.6. The Kier molecular flexibility index (Phi) is 4.17. The first-order valence-corrected chi connectivity index (χ1v) is 7.80. The van der Waals surface area contributed by atoms with Crippen molar-refractivity contribution in [1.29, 1.82) is 0 Å². The average Bonchev–Trinajstić information content (AvgIpc) is 2.38. The van der Waals surface area contributed by atoms with E-state index in [0.29, 0.717) is 12.0 Å². The molecular weight excluding hydrogens is 237 g/mol. The van der Waals surface area contributed by atoms with E-state index >= 15 is 0 Å². The van der Waals surface area contributed by atoms with E-state index in [4.69, 9.17) is 0 Å². The minimum absolute atomic E-state index is 0.101. The fraction of sp³-hybridized carbons (Fsp3) is 0.647. The molecule has 0 amide bonds. The predicted octanol–water partition coefficient (Wildman–Crippen LogP) is 4.24. The van der Waals surface area contributed by atoms with Crippen LogP contribution in [-0.4, -0.2) is 12.6 Å². The van der Waals surface area contributed by atoms with Crippen LogP contribution in [0.25, 0.3) is 0 Å². The van der Waals surface area contributed by atoms with Crippen molar-refractivity contribution >= 4 is 0 Å². The number of halogens is 1. The van der Waals surface area contributed by atoms with Crippen LogP contribution in [0.4, 0.5) is 4.39 Å². The highest BCUT2D eigenvalue weighted by atomic mass is 19.1. The van der Waals surface area contributed by atoms with Crippen molar-refractivity contribution in [1.82, 2.24) is 5.32 Å². The SMILES string of the molecule is Fc1cccc(C2CC(NCC3CCCCC3)C2)c1. The van der Waals surface area contributed by atoms with Gasteiger partial charge in [0, 0.05) is 6.04 Å². The molecule has 0 unspecified atom stereocenters. The molecule has 1 aromatic carbocycles. The third-order valence-electron chi connectivity index (χ3n) is 4.88. The molecule has 0 radical (unpaired) electrons. The van der Waals surface area contributed by atoms with Crippen LogP contribution in [0.1, 0.15) is 56.4 Å². The topological polar surface area (TPSA) is 12.0 Å². The lowest BCUT2D eigenvalue weighted by atomic mass is 9.75. The summed E-state index contributed by atoms with van der Waals surface area (Å²) in [6, 6.07) is 7.77. The Morgan fingerprint density at radius 3 is 2.63 bits per heavy atom. The fourth-order valence-electron chi connectivity index (χ4n) is 3.54. The van der Waals surface area contributed by atoms with Crippen molar-refractivity contribution in [3.8, 4) is 0 Å². The van der Waals surface area contributed by atoms with Gasteiger partial charge in [-0.05, 0) is 61.8 Å². The number of nitrogens with one attached hydrogen (secondary N) is 1. The van der Waals surface area contributed by atoms with E-state index in [1.807, 2.05) is 6.07 Å². The van der Waals surface area contributed by atoms with Gasteiger partial charge in [0.05, 0.1) is 0 Å². The summed E-state index contributed by atoms with van der Waals surface area (Å²) in [7, 11) is 0. The molecule has 0 aromatic heterocycles. The van der Waals surface area contributed by atoms with Crippen LogP contribution >= 0.6 is 0 Å². The minimum atomic E-state index is -0.101. The smallest absolute Gasteiger partial charge is 0.123 e. The summed E-state index contributed by atoms with van der Waals surface area (Å²) in [5.74, 6) is 1.37. The van der Waals surface area contributed by atoms with Gasteiger partial charge in [-0.3, -0.25) is 0 Å². The van der Waals surface area contributed by atoms with E-state index in [1.54, 1.807) is 6.07 Å². The number of hydrogen-bond donors (Lipinski definition) is 1. The summed E-state index contributed by atoms with van der Waals surface area (Å²) in [5, 5.41) is 3.71. The molecule has 3 rings (SSSR count). The van der Waals surface area contributed by atoms with Gasteiger partial charge < -0.3 is 5.32 Å². The second kappa shape index (κ2) is 6.04. The van der Waals surface area contributed by atoms with Crippen molar-refractivity contribution in [3.63, 3.8) is 0 Å². The molecule has 2 saturated carbocycles. The Morgan fingerprint density at radius 1 is 1.11 bits per heavy atom.